The van der Waals surface area contributed by atoms with Crippen molar-refractivity contribution in [1.82, 2.24) is 0 Å². The van der Waals surface area contributed by atoms with E-state index in [-0.39, 0.29) is 23.9 Å². The zero-order chi connectivity index (χ0) is 14.4. The Kier molecular flexibility index (Phi) is 5.88. The van der Waals surface area contributed by atoms with Crippen molar-refractivity contribution in [3.63, 3.8) is 0 Å². The molecule has 0 bridgehead atoms. The average Bonchev–Trinajstić information content (AvgIpc) is 2.44. The van der Waals surface area contributed by atoms with E-state index in [0.717, 1.165) is 0 Å². The van der Waals surface area contributed by atoms with E-state index in [0.29, 0.717) is 12.2 Å². The van der Waals surface area contributed by atoms with Gasteiger partial charge in [0.25, 0.3) is 0 Å². The molecule has 0 aliphatic rings. The number of phenolic OH excluding ortho intramolecular Hbond substituents is 1. The standard InChI is InChI=1S/C13H20O6/c1-4-19-7-9(14)12(15)8-5-10(17-2)13(16)11(6-8)18-3/h5-6,9,12,14-16H,4,7H2,1-3H3/t9-,12+/m1/s1. The van der Waals surface area contributed by atoms with Crippen LogP contribution >= 0.6 is 0 Å². The summed E-state index contributed by atoms with van der Waals surface area (Å²) in [6.07, 6.45) is -2.23. The van der Waals surface area contributed by atoms with E-state index in [1.807, 2.05) is 0 Å². The van der Waals surface area contributed by atoms with Gasteiger partial charge in [-0.2, -0.15) is 0 Å². The lowest BCUT2D eigenvalue weighted by atomic mass is 10.0. The number of aliphatic hydroxyl groups excluding tert-OH is 2. The Hall–Kier alpha value is -1.50. The fraction of sp³-hybridized carbons (Fsp3) is 0.538. The molecule has 0 fully saturated rings. The summed E-state index contributed by atoms with van der Waals surface area (Å²) in [5, 5.41) is 29.6. The molecule has 19 heavy (non-hydrogen) atoms. The van der Waals surface area contributed by atoms with E-state index in [1.54, 1.807) is 6.92 Å². The number of aromatic hydroxyl groups is 1. The topological polar surface area (TPSA) is 88.4 Å². The molecule has 1 rings (SSSR count). The summed E-state index contributed by atoms with van der Waals surface area (Å²) in [5.41, 5.74) is 0.374. The second kappa shape index (κ2) is 7.18. The maximum absolute atomic E-state index is 10.0. The van der Waals surface area contributed by atoms with Gasteiger partial charge in [0.05, 0.1) is 20.8 Å². The van der Waals surface area contributed by atoms with Crippen LogP contribution in [0.15, 0.2) is 12.1 Å². The normalized spacial score (nSPS) is 13.9. The number of hydrogen-bond donors (Lipinski definition) is 3. The first-order valence-electron chi connectivity index (χ1n) is 5.93. The summed E-state index contributed by atoms with van der Waals surface area (Å²) in [5.74, 6) is 0.175. The molecule has 108 valence electrons. The molecule has 3 N–H and O–H groups in total. The number of ether oxygens (including phenoxy) is 3. The molecule has 1 aromatic rings. The smallest absolute Gasteiger partial charge is 0.200 e. The van der Waals surface area contributed by atoms with Crippen molar-refractivity contribution < 1.29 is 29.5 Å². The van der Waals surface area contributed by atoms with Gasteiger partial charge in [0.1, 0.15) is 12.2 Å². The van der Waals surface area contributed by atoms with Crippen LogP contribution in [0.4, 0.5) is 0 Å². The molecular formula is C13H20O6. The predicted molar refractivity (Wildman–Crippen MR) is 68.7 cm³/mol. The van der Waals surface area contributed by atoms with Gasteiger partial charge in [0, 0.05) is 6.61 Å². The lowest BCUT2D eigenvalue weighted by Gasteiger charge is -2.19. The Morgan fingerprint density at radius 1 is 1.11 bits per heavy atom. The number of phenols is 1. The number of hydrogen-bond acceptors (Lipinski definition) is 6. The zero-order valence-electron chi connectivity index (χ0n) is 11.3. The van der Waals surface area contributed by atoms with E-state index in [9.17, 15) is 15.3 Å². The summed E-state index contributed by atoms with van der Waals surface area (Å²) in [6, 6.07) is 2.88. The SMILES string of the molecule is CCOC[C@@H](O)[C@@H](O)c1cc(OC)c(O)c(OC)c1. The molecule has 0 saturated heterocycles. The minimum Gasteiger partial charge on any atom is -0.502 e. The van der Waals surface area contributed by atoms with E-state index in [2.05, 4.69) is 0 Å². The van der Waals surface area contributed by atoms with Crippen LogP contribution < -0.4 is 9.47 Å². The minimum absolute atomic E-state index is 0.0170. The highest BCUT2D eigenvalue weighted by Gasteiger charge is 2.22. The van der Waals surface area contributed by atoms with Crippen molar-refractivity contribution in [2.75, 3.05) is 27.4 Å². The number of benzene rings is 1. The number of rotatable bonds is 7. The molecule has 0 saturated carbocycles. The van der Waals surface area contributed by atoms with Crippen molar-refractivity contribution in [3.05, 3.63) is 17.7 Å². The molecule has 6 nitrogen and oxygen atoms in total. The summed E-state index contributed by atoms with van der Waals surface area (Å²) in [6.45, 7) is 2.26. The molecule has 0 aliphatic heterocycles. The molecule has 0 amide bonds. The number of aliphatic hydroxyl groups is 2. The fourth-order valence-electron chi connectivity index (χ4n) is 1.64. The van der Waals surface area contributed by atoms with Gasteiger partial charge < -0.3 is 29.5 Å². The Balaban J connectivity index is 2.99. The van der Waals surface area contributed by atoms with Gasteiger partial charge >= 0.3 is 0 Å². The minimum atomic E-state index is -1.16. The third kappa shape index (κ3) is 3.73. The Morgan fingerprint density at radius 3 is 2.05 bits per heavy atom. The van der Waals surface area contributed by atoms with Gasteiger partial charge in [-0.3, -0.25) is 0 Å². The highest BCUT2D eigenvalue weighted by molar-refractivity contribution is 5.53. The van der Waals surface area contributed by atoms with Crippen LogP contribution in [0, 0.1) is 0 Å². The van der Waals surface area contributed by atoms with Crippen LogP contribution in [-0.2, 0) is 4.74 Å². The fourth-order valence-corrected chi connectivity index (χ4v) is 1.64. The lowest BCUT2D eigenvalue weighted by molar-refractivity contribution is -0.0368. The first-order chi connectivity index (χ1) is 9.04. The van der Waals surface area contributed by atoms with Gasteiger partial charge in [0.2, 0.25) is 5.75 Å². The van der Waals surface area contributed by atoms with Crippen molar-refractivity contribution >= 4 is 0 Å². The molecule has 0 aromatic heterocycles. The average molecular weight is 272 g/mol. The summed E-state index contributed by atoms with van der Waals surface area (Å²) in [4.78, 5) is 0. The van der Waals surface area contributed by atoms with Gasteiger partial charge in [-0.05, 0) is 24.6 Å². The quantitative estimate of drug-likeness (QED) is 0.681. The first kappa shape index (κ1) is 15.6. The second-order valence-electron chi connectivity index (χ2n) is 3.95. The molecule has 2 atom stereocenters. The summed E-state index contributed by atoms with van der Waals surface area (Å²) < 4.78 is 15.0. The molecule has 0 spiro atoms. The molecule has 1 aromatic carbocycles. The lowest BCUT2D eigenvalue weighted by Crippen LogP contribution is -2.24. The Labute approximate surface area is 112 Å². The van der Waals surface area contributed by atoms with Crippen molar-refractivity contribution in [2.24, 2.45) is 0 Å². The van der Waals surface area contributed by atoms with Crippen LogP contribution in [0.2, 0.25) is 0 Å². The molecule has 0 radical (unpaired) electrons. The van der Waals surface area contributed by atoms with E-state index in [1.165, 1.54) is 26.4 Å². The third-order valence-corrected chi connectivity index (χ3v) is 2.70. The van der Waals surface area contributed by atoms with Crippen LogP contribution in [0.25, 0.3) is 0 Å². The highest BCUT2D eigenvalue weighted by Crippen LogP contribution is 2.39. The summed E-state index contributed by atoms with van der Waals surface area (Å²) >= 11 is 0. The monoisotopic (exact) mass is 272 g/mol. The first-order valence-corrected chi connectivity index (χ1v) is 5.93. The maximum atomic E-state index is 10.0. The highest BCUT2D eigenvalue weighted by atomic mass is 16.5. The Morgan fingerprint density at radius 2 is 1.63 bits per heavy atom. The summed E-state index contributed by atoms with van der Waals surface area (Å²) in [7, 11) is 2.78. The number of methoxy groups -OCH3 is 2. The van der Waals surface area contributed by atoms with Crippen molar-refractivity contribution in [3.8, 4) is 17.2 Å². The van der Waals surface area contributed by atoms with Crippen LogP contribution in [0.3, 0.4) is 0 Å². The molecule has 0 unspecified atom stereocenters. The molecule has 0 aliphatic carbocycles. The van der Waals surface area contributed by atoms with E-state index in [4.69, 9.17) is 14.2 Å². The van der Waals surface area contributed by atoms with Gasteiger partial charge in [-0.1, -0.05) is 0 Å². The van der Waals surface area contributed by atoms with Gasteiger partial charge in [-0.15, -0.1) is 0 Å². The molecule has 6 heteroatoms. The van der Waals surface area contributed by atoms with E-state index >= 15 is 0 Å². The molecular weight excluding hydrogens is 252 g/mol. The Bertz CT molecular complexity index is 381. The van der Waals surface area contributed by atoms with Crippen LogP contribution in [0.1, 0.15) is 18.6 Å². The van der Waals surface area contributed by atoms with Crippen molar-refractivity contribution in [2.45, 2.75) is 19.1 Å². The van der Waals surface area contributed by atoms with E-state index < -0.39 is 12.2 Å². The van der Waals surface area contributed by atoms with Gasteiger partial charge in [-0.25, -0.2) is 0 Å². The van der Waals surface area contributed by atoms with Crippen molar-refractivity contribution in [1.29, 1.82) is 0 Å². The van der Waals surface area contributed by atoms with Crippen LogP contribution in [0.5, 0.6) is 17.2 Å². The third-order valence-electron chi connectivity index (χ3n) is 2.70. The van der Waals surface area contributed by atoms with Crippen LogP contribution in [-0.4, -0.2) is 48.9 Å². The second-order valence-corrected chi connectivity index (χ2v) is 3.95. The zero-order valence-corrected chi connectivity index (χ0v) is 11.3. The maximum Gasteiger partial charge on any atom is 0.200 e. The van der Waals surface area contributed by atoms with Gasteiger partial charge in [0.15, 0.2) is 11.5 Å². The largest absolute Gasteiger partial charge is 0.502 e. The molecule has 0 heterocycles. The predicted octanol–water partition coefficient (Wildman–Crippen LogP) is 0.840.